The number of hydrogen-bond acceptors (Lipinski definition) is 4. The summed E-state index contributed by atoms with van der Waals surface area (Å²) >= 11 is 0. The van der Waals surface area contributed by atoms with Crippen molar-refractivity contribution in [3.8, 4) is 0 Å². The van der Waals surface area contributed by atoms with Crippen LogP contribution in [0.5, 0.6) is 0 Å². The van der Waals surface area contributed by atoms with Gasteiger partial charge in [0.05, 0.1) is 16.8 Å². The van der Waals surface area contributed by atoms with E-state index in [1.165, 1.54) is 32.1 Å². The second kappa shape index (κ2) is 14.2. The van der Waals surface area contributed by atoms with Gasteiger partial charge in [0.25, 0.3) is 0 Å². The topological polar surface area (TPSA) is 79.8 Å². The van der Waals surface area contributed by atoms with Crippen LogP contribution in [0.4, 0.5) is 0 Å². The van der Waals surface area contributed by atoms with Crippen LogP contribution in [-0.4, -0.2) is 52.5 Å². The smallest absolute Gasteiger partial charge is 0.191 e. The molecule has 0 spiro atoms. The van der Waals surface area contributed by atoms with Gasteiger partial charge in [-0.15, -0.1) is 24.0 Å². The Morgan fingerprint density at radius 2 is 1.90 bits per heavy atom. The Morgan fingerprint density at radius 3 is 2.52 bits per heavy atom. The molecule has 0 heterocycles. The van der Waals surface area contributed by atoms with Gasteiger partial charge in [-0.3, -0.25) is 4.99 Å². The molecule has 1 aromatic carbocycles. The fraction of sp³-hybridized carbons (Fsp3) is 0.667. The normalized spacial score (nSPS) is 16.7. The van der Waals surface area contributed by atoms with E-state index in [1.807, 2.05) is 13.0 Å². The first-order chi connectivity index (χ1) is 13.5. The molecule has 0 saturated heterocycles. The quantitative estimate of drug-likeness (QED) is 0.206. The predicted molar refractivity (Wildman–Crippen MR) is 130 cm³/mol. The zero-order chi connectivity index (χ0) is 20.2. The fourth-order valence-electron chi connectivity index (χ4n) is 3.40. The minimum Gasteiger partial charge on any atom is -0.378 e. The lowest BCUT2D eigenvalue weighted by Crippen LogP contribution is -2.46. The number of guanidine groups is 1. The van der Waals surface area contributed by atoms with Crippen molar-refractivity contribution in [2.24, 2.45) is 4.99 Å². The van der Waals surface area contributed by atoms with E-state index in [-0.39, 0.29) is 35.8 Å². The molecule has 1 unspecified atom stereocenters. The first-order valence-corrected chi connectivity index (χ1v) is 12.1. The van der Waals surface area contributed by atoms with Crippen molar-refractivity contribution >= 4 is 39.8 Å². The first kappa shape index (κ1) is 26.2. The molecule has 0 radical (unpaired) electrons. The summed E-state index contributed by atoms with van der Waals surface area (Å²) < 4.78 is 31.1. The summed E-state index contributed by atoms with van der Waals surface area (Å²) in [5, 5.41) is 6.50. The van der Waals surface area contributed by atoms with Crippen molar-refractivity contribution in [1.29, 1.82) is 0 Å². The van der Waals surface area contributed by atoms with Crippen LogP contribution in [0.2, 0.25) is 0 Å². The van der Waals surface area contributed by atoms with Gasteiger partial charge in [0.1, 0.15) is 0 Å². The van der Waals surface area contributed by atoms with Crippen molar-refractivity contribution in [3.63, 3.8) is 0 Å². The van der Waals surface area contributed by atoms with Gasteiger partial charge in [-0.1, -0.05) is 44.4 Å². The predicted octanol–water partition coefficient (Wildman–Crippen LogP) is 3.76. The molecule has 0 aromatic heterocycles. The van der Waals surface area contributed by atoms with Crippen LogP contribution in [0, 0.1) is 0 Å². The maximum Gasteiger partial charge on any atom is 0.191 e. The molecule has 166 valence electrons. The number of rotatable bonds is 10. The Kier molecular flexibility index (Phi) is 12.8. The average Bonchev–Trinajstić information content (AvgIpc) is 2.73. The van der Waals surface area contributed by atoms with Crippen molar-refractivity contribution in [1.82, 2.24) is 10.6 Å². The average molecular weight is 538 g/mol. The lowest BCUT2D eigenvalue weighted by atomic mass is 9.98. The van der Waals surface area contributed by atoms with Gasteiger partial charge in [0.15, 0.2) is 15.8 Å². The number of aliphatic imine (C=N–C) groups is 1. The molecule has 2 rings (SSSR count). The van der Waals surface area contributed by atoms with E-state index in [9.17, 15) is 8.42 Å². The van der Waals surface area contributed by atoms with Crippen LogP contribution >= 0.6 is 24.0 Å². The third-order valence-electron chi connectivity index (χ3n) is 5.10. The standard InChI is InChI=1S/C21H35N3O3S.HI/c1-3-18(17-28(25,26)20-13-8-5-9-14-20)24-21(22-2)23-15-10-16-27-19-11-6-4-7-12-19;/h5,8-9,13-14,18-19H,3-4,6-7,10-12,15-17H2,1-2H3,(H2,22,23,24);1H. The van der Waals surface area contributed by atoms with Crippen LogP contribution < -0.4 is 10.6 Å². The van der Waals surface area contributed by atoms with Gasteiger partial charge in [-0.05, 0) is 37.8 Å². The van der Waals surface area contributed by atoms with Gasteiger partial charge >= 0.3 is 0 Å². The molecule has 1 fully saturated rings. The molecule has 1 aliphatic rings. The molecule has 1 aromatic rings. The number of halogens is 1. The minimum absolute atomic E-state index is 0. The van der Waals surface area contributed by atoms with Crippen molar-refractivity contribution < 1.29 is 13.2 Å². The molecule has 6 nitrogen and oxygen atoms in total. The Hall–Kier alpha value is -0.870. The first-order valence-electron chi connectivity index (χ1n) is 10.4. The van der Waals surface area contributed by atoms with E-state index in [0.29, 0.717) is 23.4 Å². The van der Waals surface area contributed by atoms with E-state index in [1.54, 1.807) is 31.3 Å². The Labute approximate surface area is 193 Å². The molecule has 29 heavy (non-hydrogen) atoms. The number of nitrogens with zero attached hydrogens (tertiary/aromatic N) is 1. The zero-order valence-electron chi connectivity index (χ0n) is 17.6. The molecule has 1 saturated carbocycles. The van der Waals surface area contributed by atoms with E-state index < -0.39 is 9.84 Å². The van der Waals surface area contributed by atoms with E-state index in [4.69, 9.17) is 4.74 Å². The van der Waals surface area contributed by atoms with Crippen molar-refractivity contribution in [2.45, 2.75) is 68.9 Å². The number of hydrogen-bond donors (Lipinski definition) is 2. The Morgan fingerprint density at radius 1 is 1.21 bits per heavy atom. The molecule has 1 atom stereocenters. The molecule has 8 heteroatoms. The van der Waals surface area contributed by atoms with Crippen molar-refractivity contribution in [2.75, 3.05) is 26.0 Å². The second-order valence-electron chi connectivity index (χ2n) is 7.33. The maximum atomic E-state index is 12.6. The van der Waals surface area contributed by atoms with Crippen LogP contribution in [0.3, 0.4) is 0 Å². The Bertz CT molecular complexity index is 692. The van der Waals surface area contributed by atoms with Crippen LogP contribution in [0.15, 0.2) is 40.2 Å². The summed E-state index contributed by atoms with van der Waals surface area (Å²) in [6.07, 6.45) is 8.29. The van der Waals surface area contributed by atoms with Crippen LogP contribution in [0.25, 0.3) is 0 Å². The number of benzene rings is 1. The fourth-order valence-corrected chi connectivity index (χ4v) is 5.01. The van der Waals surface area contributed by atoms with Gasteiger partial charge in [-0.2, -0.15) is 0 Å². The summed E-state index contributed by atoms with van der Waals surface area (Å²) in [4.78, 5) is 4.58. The summed E-state index contributed by atoms with van der Waals surface area (Å²) in [6.45, 7) is 3.46. The highest BCUT2D eigenvalue weighted by molar-refractivity contribution is 14.0. The highest BCUT2D eigenvalue weighted by Crippen LogP contribution is 2.20. The maximum absolute atomic E-state index is 12.6. The van der Waals surface area contributed by atoms with E-state index in [0.717, 1.165) is 19.6 Å². The summed E-state index contributed by atoms with van der Waals surface area (Å²) in [6, 6.07) is 8.39. The third-order valence-corrected chi connectivity index (χ3v) is 6.93. The lowest BCUT2D eigenvalue weighted by molar-refractivity contribution is 0.0277. The zero-order valence-corrected chi connectivity index (χ0v) is 20.7. The Balaban J connectivity index is 0.00000420. The lowest BCUT2D eigenvalue weighted by Gasteiger charge is -2.22. The summed E-state index contributed by atoms with van der Waals surface area (Å²) in [5.74, 6) is 0.673. The number of ether oxygens (including phenoxy) is 1. The van der Waals surface area contributed by atoms with Crippen molar-refractivity contribution in [3.05, 3.63) is 30.3 Å². The highest BCUT2D eigenvalue weighted by atomic mass is 127. The molecule has 0 aliphatic heterocycles. The monoisotopic (exact) mass is 537 g/mol. The van der Waals surface area contributed by atoms with Crippen LogP contribution in [0.1, 0.15) is 51.9 Å². The highest BCUT2D eigenvalue weighted by Gasteiger charge is 2.21. The summed E-state index contributed by atoms with van der Waals surface area (Å²) in [7, 11) is -1.63. The summed E-state index contributed by atoms with van der Waals surface area (Å²) in [5.41, 5.74) is 0. The third kappa shape index (κ3) is 9.65. The van der Waals surface area contributed by atoms with Gasteiger partial charge in [0.2, 0.25) is 0 Å². The SMILES string of the molecule is CCC(CS(=O)(=O)c1ccccc1)NC(=NC)NCCCOC1CCCCC1.I. The molecular formula is C21H36IN3O3S. The number of nitrogens with one attached hydrogen (secondary N) is 2. The van der Waals surface area contributed by atoms with Gasteiger partial charge in [-0.25, -0.2) is 8.42 Å². The second-order valence-corrected chi connectivity index (χ2v) is 9.36. The molecular weight excluding hydrogens is 501 g/mol. The molecule has 0 bridgehead atoms. The minimum atomic E-state index is -3.33. The number of sulfone groups is 1. The van der Waals surface area contributed by atoms with Crippen LogP contribution in [-0.2, 0) is 14.6 Å². The van der Waals surface area contributed by atoms with E-state index >= 15 is 0 Å². The molecule has 0 amide bonds. The van der Waals surface area contributed by atoms with Gasteiger partial charge in [0, 0.05) is 26.2 Å². The molecule has 2 N–H and O–H groups in total. The molecule has 1 aliphatic carbocycles. The largest absolute Gasteiger partial charge is 0.378 e. The van der Waals surface area contributed by atoms with Gasteiger partial charge < -0.3 is 15.4 Å². The van der Waals surface area contributed by atoms with E-state index in [2.05, 4.69) is 15.6 Å².